The summed E-state index contributed by atoms with van der Waals surface area (Å²) in [4.78, 5) is 38.1. The Morgan fingerprint density at radius 3 is 0.889 bits per heavy atom. The van der Waals surface area contributed by atoms with Crippen LogP contribution in [0.25, 0.3) is 0 Å². The molecule has 0 bridgehead atoms. The molecule has 2 atom stereocenters. The third-order valence-corrected chi connectivity index (χ3v) is 16.9. The van der Waals surface area contributed by atoms with Crippen LogP contribution in [0.1, 0.15) is 322 Å². The summed E-state index contributed by atoms with van der Waals surface area (Å²) in [5.74, 6) is -0.828. The number of hydrogen-bond donors (Lipinski definition) is 0. The van der Waals surface area contributed by atoms with E-state index >= 15 is 0 Å². The molecule has 0 saturated carbocycles. The Bertz CT molecular complexity index is 1940. The van der Waals surface area contributed by atoms with Crippen LogP contribution >= 0.6 is 7.82 Å². The van der Waals surface area contributed by atoms with Crippen molar-refractivity contribution in [3.63, 3.8) is 0 Å². The number of unbranched alkanes of at least 4 members (excludes halogenated alkanes) is 34. The third-order valence-electron chi connectivity index (χ3n) is 16.0. The first-order valence-electron chi connectivity index (χ1n) is 37.2. The molecule has 0 aliphatic rings. The number of nitrogens with zero attached hydrogens (tertiary/aromatic N) is 1. The molecule has 0 aliphatic heterocycles. The van der Waals surface area contributed by atoms with Crippen LogP contribution in [-0.2, 0) is 32.7 Å². The van der Waals surface area contributed by atoms with Gasteiger partial charge >= 0.3 is 11.9 Å². The third kappa shape index (κ3) is 73.5. The zero-order valence-electron chi connectivity index (χ0n) is 59.1. The van der Waals surface area contributed by atoms with E-state index < -0.39 is 26.5 Å². The number of phosphoric acid groups is 1. The van der Waals surface area contributed by atoms with Crippen LogP contribution in [0.15, 0.2) is 122 Å². The number of likely N-dealkylation sites (N-methyl/N-ethyl adjacent to an activating group) is 1. The van der Waals surface area contributed by atoms with Crippen molar-refractivity contribution in [3.8, 4) is 0 Å². The second kappa shape index (κ2) is 69.7. The molecule has 9 nitrogen and oxygen atoms in total. The van der Waals surface area contributed by atoms with Crippen LogP contribution in [0.4, 0.5) is 0 Å². The Morgan fingerprint density at radius 1 is 0.344 bits per heavy atom. The van der Waals surface area contributed by atoms with E-state index in [4.69, 9.17) is 18.5 Å². The number of esters is 2. The summed E-state index contributed by atoms with van der Waals surface area (Å²) in [6.45, 7) is 4.04. The van der Waals surface area contributed by atoms with Crippen molar-refractivity contribution in [2.24, 2.45) is 0 Å². The lowest BCUT2D eigenvalue weighted by molar-refractivity contribution is -0.870. The molecular formula is C80H140NO8P. The van der Waals surface area contributed by atoms with Gasteiger partial charge in [0.1, 0.15) is 19.8 Å². The van der Waals surface area contributed by atoms with E-state index in [2.05, 4.69) is 135 Å². The predicted molar refractivity (Wildman–Crippen MR) is 388 cm³/mol. The molecule has 0 saturated heterocycles. The highest BCUT2D eigenvalue weighted by molar-refractivity contribution is 7.45. The van der Waals surface area contributed by atoms with Crippen molar-refractivity contribution < 1.29 is 42.1 Å². The molecule has 0 N–H and O–H groups in total. The van der Waals surface area contributed by atoms with Crippen molar-refractivity contribution >= 4 is 19.8 Å². The monoisotopic (exact) mass is 1270 g/mol. The van der Waals surface area contributed by atoms with Gasteiger partial charge in [0, 0.05) is 12.8 Å². The number of phosphoric ester groups is 1. The average Bonchev–Trinajstić information content (AvgIpc) is 3.58. The minimum atomic E-state index is -4.65. The Labute approximate surface area is 556 Å². The average molecular weight is 1270 g/mol. The molecule has 0 aromatic heterocycles. The Kier molecular flexibility index (Phi) is 67.0. The summed E-state index contributed by atoms with van der Waals surface area (Å²) >= 11 is 0. The second-order valence-corrected chi connectivity index (χ2v) is 27.3. The zero-order chi connectivity index (χ0) is 65.5. The van der Waals surface area contributed by atoms with Gasteiger partial charge in [0.25, 0.3) is 7.82 Å². The number of allylic oxidation sites excluding steroid dienone is 20. The van der Waals surface area contributed by atoms with Crippen LogP contribution < -0.4 is 4.89 Å². The largest absolute Gasteiger partial charge is 0.756 e. The van der Waals surface area contributed by atoms with Gasteiger partial charge in [-0.25, -0.2) is 0 Å². The van der Waals surface area contributed by atoms with E-state index in [1.165, 1.54) is 180 Å². The summed E-state index contributed by atoms with van der Waals surface area (Å²) < 4.78 is 34.4. The van der Waals surface area contributed by atoms with Crippen LogP contribution in [-0.4, -0.2) is 70.0 Å². The molecule has 0 aromatic rings. The second-order valence-electron chi connectivity index (χ2n) is 25.9. The maximum absolute atomic E-state index is 12.9. The van der Waals surface area contributed by atoms with E-state index in [0.717, 1.165) is 109 Å². The van der Waals surface area contributed by atoms with Crippen molar-refractivity contribution in [2.45, 2.75) is 328 Å². The summed E-state index contributed by atoms with van der Waals surface area (Å²) in [5, 5.41) is 0. The highest BCUT2D eigenvalue weighted by atomic mass is 31.2. The summed E-state index contributed by atoms with van der Waals surface area (Å²) in [7, 11) is 1.17. The van der Waals surface area contributed by atoms with Crippen LogP contribution in [0.5, 0.6) is 0 Å². The van der Waals surface area contributed by atoms with E-state index in [1.54, 1.807) is 0 Å². The Hall–Kier alpha value is -3.59. The maximum atomic E-state index is 12.9. The molecule has 0 heterocycles. The number of quaternary nitrogens is 1. The molecule has 0 fully saturated rings. The minimum Gasteiger partial charge on any atom is -0.756 e. The van der Waals surface area contributed by atoms with Crippen molar-refractivity contribution in [1.82, 2.24) is 0 Å². The van der Waals surface area contributed by atoms with E-state index in [0.29, 0.717) is 17.4 Å². The van der Waals surface area contributed by atoms with Gasteiger partial charge in [0.2, 0.25) is 0 Å². The minimum absolute atomic E-state index is 0.0339. The zero-order valence-corrected chi connectivity index (χ0v) is 59.9. The van der Waals surface area contributed by atoms with Gasteiger partial charge in [0.05, 0.1) is 27.7 Å². The van der Waals surface area contributed by atoms with Crippen LogP contribution in [0, 0.1) is 0 Å². The molecular weight excluding hydrogens is 1130 g/mol. The van der Waals surface area contributed by atoms with Gasteiger partial charge in [-0.2, -0.15) is 0 Å². The molecule has 0 aromatic carbocycles. The van der Waals surface area contributed by atoms with E-state index in [1.807, 2.05) is 21.1 Å². The lowest BCUT2D eigenvalue weighted by Crippen LogP contribution is -2.37. The van der Waals surface area contributed by atoms with Gasteiger partial charge in [-0.05, 0) is 103 Å². The highest BCUT2D eigenvalue weighted by Gasteiger charge is 2.22. The topological polar surface area (TPSA) is 111 Å². The molecule has 0 spiro atoms. The molecule has 2 unspecified atom stereocenters. The molecule has 0 aliphatic carbocycles. The predicted octanol–water partition coefficient (Wildman–Crippen LogP) is 24.0. The van der Waals surface area contributed by atoms with Crippen LogP contribution in [0.2, 0.25) is 0 Å². The number of carbonyl (C=O) groups is 2. The summed E-state index contributed by atoms with van der Waals surface area (Å²) in [5.41, 5.74) is 0. The smallest absolute Gasteiger partial charge is 0.306 e. The summed E-state index contributed by atoms with van der Waals surface area (Å²) in [6.07, 6.45) is 100. The first-order valence-corrected chi connectivity index (χ1v) is 38.7. The molecule has 0 rings (SSSR count). The normalized spacial score (nSPS) is 13.8. The molecule has 90 heavy (non-hydrogen) atoms. The maximum Gasteiger partial charge on any atom is 0.306 e. The van der Waals surface area contributed by atoms with E-state index in [9.17, 15) is 19.0 Å². The van der Waals surface area contributed by atoms with Gasteiger partial charge < -0.3 is 27.9 Å². The first kappa shape index (κ1) is 86.4. The highest BCUT2D eigenvalue weighted by Crippen LogP contribution is 2.38. The van der Waals surface area contributed by atoms with Crippen molar-refractivity contribution in [1.29, 1.82) is 0 Å². The van der Waals surface area contributed by atoms with Gasteiger partial charge in [-0.15, -0.1) is 0 Å². The fourth-order valence-electron chi connectivity index (χ4n) is 10.4. The van der Waals surface area contributed by atoms with E-state index in [-0.39, 0.29) is 32.0 Å². The fourth-order valence-corrected chi connectivity index (χ4v) is 11.1. The standard InChI is InChI=1S/C80H140NO8P/c1-6-8-10-12-14-16-18-20-22-24-26-28-30-32-34-35-36-37-38-39-40-41-42-43-44-45-47-49-51-53-55-57-59-61-63-65-67-69-71-73-80(83)89-78(77-88-90(84,85)87-75-74-81(3,4)5)76-86-79(82)72-70-68-66-64-62-60-58-56-54-52-50-48-46-33-31-29-27-25-23-21-19-17-15-13-11-9-7-2/h8-11,14-17,20-23,26-29,32-34,46,78H,6-7,12-13,18-19,24-25,30-31,35-45,47-77H2,1-5H3/b10-8-,11-9-,16-14-,17-15-,22-20-,23-21-,28-26-,29-27-,34-32-,46-33-. The van der Waals surface area contributed by atoms with Crippen molar-refractivity contribution in [3.05, 3.63) is 122 Å². The number of ether oxygens (including phenoxy) is 2. The lowest BCUT2D eigenvalue weighted by Gasteiger charge is -2.28. The molecule has 518 valence electrons. The Balaban J connectivity index is 3.97. The van der Waals surface area contributed by atoms with Gasteiger partial charge in [0.15, 0.2) is 6.10 Å². The van der Waals surface area contributed by atoms with Gasteiger partial charge in [-0.1, -0.05) is 328 Å². The fraction of sp³-hybridized carbons (Fsp3) is 0.725. The van der Waals surface area contributed by atoms with Crippen molar-refractivity contribution in [2.75, 3.05) is 47.5 Å². The molecule has 0 radical (unpaired) electrons. The summed E-state index contributed by atoms with van der Waals surface area (Å²) in [6, 6.07) is 0. The molecule has 0 amide bonds. The van der Waals surface area contributed by atoms with Crippen LogP contribution in [0.3, 0.4) is 0 Å². The van der Waals surface area contributed by atoms with Gasteiger partial charge in [-0.3, -0.25) is 14.2 Å². The quantitative estimate of drug-likeness (QED) is 0.0195. The Morgan fingerprint density at radius 2 is 0.600 bits per heavy atom. The SMILES string of the molecule is CC/C=C\C/C=C\C/C=C\C/C=C\C/C=C\CCCCCCCCCCCCCCCCCCCCCCCCCC(=O)OC(COC(=O)CCCCCCCCCCCCC/C=C\C/C=C\C/C=C\C/C=C\C/C=C\CC)COP(=O)([O-])OCC[N+](C)(C)C. The number of hydrogen-bond acceptors (Lipinski definition) is 8. The first-order chi connectivity index (χ1) is 44.0. The number of rotatable bonds is 68. The number of carbonyl (C=O) groups excluding carboxylic acids is 2. The lowest BCUT2D eigenvalue weighted by atomic mass is 10.0. The molecule has 10 heteroatoms.